The molecule has 1 aliphatic rings. The Hall–Kier alpha value is -1.14. The lowest BCUT2D eigenvalue weighted by Crippen LogP contribution is -2.48. The molecule has 1 aliphatic heterocycles. The van der Waals surface area contributed by atoms with Crippen LogP contribution in [0.2, 0.25) is 0 Å². The van der Waals surface area contributed by atoms with Crippen molar-refractivity contribution in [3.8, 4) is 0 Å². The molecule has 1 aromatic rings. The molecule has 0 radical (unpaired) electrons. The number of likely N-dealkylation sites (tertiary alicyclic amines) is 1. The van der Waals surface area contributed by atoms with Gasteiger partial charge in [0.1, 0.15) is 0 Å². The zero-order valence-corrected chi connectivity index (χ0v) is 12.0. The summed E-state index contributed by atoms with van der Waals surface area (Å²) in [5.41, 5.74) is -0.630. The summed E-state index contributed by atoms with van der Waals surface area (Å²) in [6, 6.07) is 6.36. The van der Waals surface area contributed by atoms with Crippen molar-refractivity contribution < 1.29 is 18.7 Å². The highest BCUT2D eigenvalue weighted by Crippen LogP contribution is 2.30. The lowest BCUT2D eigenvalue weighted by molar-refractivity contribution is -0.0108. The van der Waals surface area contributed by atoms with Crippen LogP contribution >= 0.6 is 11.8 Å². The van der Waals surface area contributed by atoms with E-state index in [9.17, 15) is 18.7 Å². The molecule has 1 saturated heterocycles. The molecule has 0 saturated carbocycles. The fraction of sp³-hybridized carbons (Fsp3) is 0.500. The quantitative estimate of drug-likeness (QED) is 0.873. The summed E-state index contributed by atoms with van der Waals surface area (Å²) in [7, 11) is 0. The summed E-state index contributed by atoms with van der Waals surface area (Å²) in [4.78, 5) is 14.3. The maximum atomic E-state index is 12.5. The number of carbonyl (C=O) groups is 1. The minimum atomic E-state index is -2.56. The van der Waals surface area contributed by atoms with Crippen molar-refractivity contribution in [1.29, 1.82) is 0 Å². The minimum absolute atomic E-state index is 0.236. The molecule has 0 bridgehead atoms. The molecule has 0 aliphatic carbocycles. The largest absolute Gasteiger partial charge is 0.388 e. The Morgan fingerprint density at radius 3 is 2.80 bits per heavy atom. The Morgan fingerprint density at radius 1 is 1.45 bits per heavy atom. The summed E-state index contributed by atoms with van der Waals surface area (Å²) in [6.07, 6.45) is 1.35. The summed E-state index contributed by atoms with van der Waals surface area (Å²) in [6.45, 7) is 2.47. The average Bonchev–Trinajstić information content (AvgIpc) is 2.36. The lowest BCUT2D eigenvalue weighted by atomic mass is 9.94. The van der Waals surface area contributed by atoms with E-state index in [4.69, 9.17) is 0 Å². The van der Waals surface area contributed by atoms with E-state index in [1.165, 1.54) is 11.0 Å². The van der Waals surface area contributed by atoms with Gasteiger partial charge in [-0.2, -0.15) is 8.78 Å². The normalized spacial score (nSPS) is 23.1. The van der Waals surface area contributed by atoms with E-state index in [-0.39, 0.29) is 22.9 Å². The molecule has 1 heterocycles. The first-order valence-electron chi connectivity index (χ1n) is 6.44. The molecule has 1 unspecified atom stereocenters. The molecular formula is C14H17F2NO2S. The average molecular weight is 301 g/mol. The van der Waals surface area contributed by atoms with Gasteiger partial charge in [0.2, 0.25) is 0 Å². The summed E-state index contributed by atoms with van der Waals surface area (Å²) < 4.78 is 25.1. The van der Waals surface area contributed by atoms with Crippen LogP contribution in [0.3, 0.4) is 0 Å². The first kappa shape index (κ1) is 15.3. The first-order chi connectivity index (χ1) is 9.39. The molecule has 0 spiro atoms. The van der Waals surface area contributed by atoms with Gasteiger partial charge < -0.3 is 10.0 Å². The number of hydrogen-bond donors (Lipinski definition) is 1. The van der Waals surface area contributed by atoms with Crippen molar-refractivity contribution in [3.63, 3.8) is 0 Å². The summed E-state index contributed by atoms with van der Waals surface area (Å²) >= 11 is 0.374. The molecule has 1 N–H and O–H groups in total. The molecule has 2 rings (SSSR count). The Kier molecular flexibility index (Phi) is 4.65. The number of β-amino-alcohol motifs (C(OH)–C–C–N with tert-alkyl or cyclic N) is 1. The van der Waals surface area contributed by atoms with Crippen molar-refractivity contribution in [2.24, 2.45) is 0 Å². The van der Waals surface area contributed by atoms with Crippen molar-refractivity contribution in [2.75, 3.05) is 13.1 Å². The topological polar surface area (TPSA) is 40.5 Å². The Balaban J connectivity index is 2.20. The fourth-order valence-corrected chi connectivity index (χ4v) is 3.04. The van der Waals surface area contributed by atoms with E-state index in [2.05, 4.69) is 0 Å². The second kappa shape index (κ2) is 6.10. The first-order valence-corrected chi connectivity index (χ1v) is 7.32. The zero-order chi connectivity index (χ0) is 14.8. The van der Waals surface area contributed by atoms with E-state index in [0.717, 1.165) is 0 Å². The van der Waals surface area contributed by atoms with Gasteiger partial charge in [0.15, 0.2) is 0 Å². The van der Waals surface area contributed by atoms with Crippen LogP contribution in [0.5, 0.6) is 0 Å². The highest BCUT2D eigenvalue weighted by molar-refractivity contribution is 7.99. The predicted octanol–water partition coefficient (Wildman–Crippen LogP) is 2.99. The Morgan fingerprint density at radius 2 is 2.15 bits per heavy atom. The van der Waals surface area contributed by atoms with Crippen LogP contribution in [-0.2, 0) is 0 Å². The van der Waals surface area contributed by atoms with Gasteiger partial charge in [0.25, 0.3) is 11.7 Å². The molecule has 20 heavy (non-hydrogen) atoms. The maximum Gasteiger partial charge on any atom is 0.288 e. The van der Waals surface area contributed by atoms with Gasteiger partial charge in [-0.15, -0.1) is 0 Å². The number of piperidine rings is 1. The van der Waals surface area contributed by atoms with Crippen LogP contribution in [0, 0.1) is 0 Å². The predicted molar refractivity (Wildman–Crippen MR) is 74.1 cm³/mol. The van der Waals surface area contributed by atoms with E-state index < -0.39 is 11.4 Å². The number of amides is 1. The number of halogens is 2. The van der Waals surface area contributed by atoms with Crippen LogP contribution < -0.4 is 0 Å². The van der Waals surface area contributed by atoms with Gasteiger partial charge in [-0.25, -0.2) is 0 Å². The van der Waals surface area contributed by atoms with Crippen LogP contribution in [0.4, 0.5) is 8.78 Å². The monoisotopic (exact) mass is 301 g/mol. The number of carbonyl (C=O) groups excluding carboxylic acids is 1. The Labute approximate surface area is 121 Å². The number of nitrogens with zero attached hydrogens (tertiary/aromatic N) is 1. The van der Waals surface area contributed by atoms with Crippen molar-refractivity contribution in [1.82, 2.24) is 4.90 Å². The van der Waals surface area contributed by atoms with Crippen molar-refractivity contribution in [3.05, 3.63) is 29.8 Å². The van der Waals surface area contributed by atoms with Gasteiger partial charge in [-0.3, -0.25) is 4.79 Å². The highest BCUT2D eigenvalue weighted by Gasteiger charge is 2.32. The van der Waals surface area contributed by atoms with E-state index in [1.807, 2.05) is 0 Å². The standard InChI is InChI=1S/C14H17F2NO2S/c1-14(19)7-4-8-17(9-14)12(18)10-5-2-3-6-11(10)20-13(15)16/h2-3,5-6,13,19H,4,7-9H2,1H3. The van der Waals surface area contributed by atoms with Gasteiger partial charge >= 0.3 is 0 Å². The molecule has 110 valence electrons. The SMILES string of the molecule is CC1(O)CCCN(C(=O)c2ccccc2SC(F)F)C1. The zero-order valence-electron chi connectivity index (χ0n) is 11.2. The van der Waals surface area contributed by atoms with Crippen LogP contribution in [0.25, 0.3) is 0 Å². The van der Waals surface area contributed by atoms with E-state index in [1.54, 1.807) is 25.1 Å². The van der Waals surface area contributed by atoms with Crippen LogP contribution in [0.15, 0.2) is 29.2 Å². The third kappa shape index (κ3) is 3.70. The number of alkyl halides is 2. The minimum Gasteiger partial charge on any atom is -0.388 e. The number of thioether (sulfide) groups is 1. The molecule has 1 amide bonds. The second-order valence-corrected chi connectivity index (χ2v) is 6.23. The van der Waals surface area contributed by atoms with Gasteiger partial charge in [-0.05, 0) is 31.9 Å². The molecule has 1 fully saturated rings. The van der Waals surface area contributed by atoms with Crippen LogP contribution in [-0.4, -0.2) is 40.4 Å². The summed E-state index contributed by atoms with van der Waals surface area (Å²) in [5, 5.41) is 10.0. The van der Waals surface area contributed by atoms with E-state index in [0.29, 0.717) is 31.1 Å². The second-order valence-electron chi connectivity index (χ2n) is 5.20. The lowest BCUT2D eigenvalue weighted by Gasteiger charge is -2.37. The van der Waals surface area contributed by atoms with Gasteiger partial charge in [0, 0.05) is 18.0 Å². The number of hydrogen-bond acceptors (Lipinski definition) is 3. The molecule has 0 aromatic heterocycles. The highest BCUT2D eigenvalue weighted by atomic mass is 32.2. The molecule has 3 nitrogen and oxygen atoms in total. The smallest absolute Gasteiger partial charge is 0.288 e. The van der Waals surface area contributed by atoms with Crippen molar-refractivity contribution in [2.45, 2.75) is 36.0 Å². The molecular weight excluding hydrogens is 284 g/mol. The number of benzene rings is 1. The summed E-state index contributed by atoms with van der Waals surface area (Å²) in [5.74, 6) is -2.86. The molecule has 6 heteroatoms. The van der Waals surface area contributed by atoms with E-state index >= 15 is 0 Å². The molecule has 1 atom stereocenters. The van der Waals surface area contributed by atoms with Crippen LogP contribution in [0.1, 0.15) is 30.1 Å². The number of aliphatic hydroxyl groups is 1. The third-order valence-corrected chi connectivity index (χ3v) is 4.08. The van der Waals surface area contributed by atoms with Crippen molar-refractivity contribution >= 4 is 17.7 Å². The van der Waals surface area contributed by atoms with Gasteiger partial charge in [0.05, 0.1) is 11.2 Å². The number of rotatable bonds is 3. The molecule has 1 aromatic carbocycles. The maximum absolute atomic E-state index is 12.5. The fourth-order valence-electron chi connectivity index (χ4n) is 2.41. The third-order valence-electron chi connectivity index (χ3n) is 3.30. The van der Waals surface area contributed by atoms with Gasteiger partial charge in [-0.1, -0.05) is 23.9 Å². The Bertz CT molecular complexity index is 494.